The van der Waals surface area contributed by atoms with Gasteiger partial charge in [0.2, 0.25) is 5.95 Å². The molecular weight excluding hydrogens is 360 g/mol. The summed E-state index contributed by atoms with van der Waals surface area (Å²) in [5.74, 6) is 0.721. The number of hydrogen-bond donors (Lipinski definition) is 1. The van der Waals surface area contributed by atoms with Crippen molar-refractivity contribution < 1.29 is 4.79 Å². The fourth-order valence-electron chi connectivity index (χ4n) is 4.13. The first-order valence-corrected chi connectivity index (χ1v) is 10.3. The summed E-state index contributed by atoms with van der Waals surface area (Å²) in [6.07, 6.45) is 4.31. The Morgan fingerprint density at radius 3 is 2.69 bits per heavy atom. The monoisotopic (exact) mass is 384 g/mol. The van der Waals surface area contributed by atoms with E-state index in [9.17, 15) is 4.79 Å². The van der Waals surface area contributed by atoms with E-state index in [-0.39, 0.29) is 5.91 Å². The molecule has 0 saturated carbocycles. The largest absolute Gasteiger partial charge is 0.338 e. The second-order valence-corrected chi connectivity index (χ2v) is 7.88. The number of aromatic nitrogens is 2. The molecule has 5 rings (SSSR count). The molecule has 1 N–H and O–H groups in total. The number of rotatable bonds is 4. The lowest BCUT2D eigenvalue weighted by molar-refractivity contribution is 0.102. The molecule has 1 fully saturated rings. The second kappa shape index (κ2) is 7.32. The summed E-state index contributed by atoms with van der Waals surface area (Å²) in [6, 6.07) is 17.8. The Labute approximate surface area is 170 Å². The maximum atomic E-state index is 12.8. The molecule has 0 radical (unpaired) electrons. The van der Waals surface area contributed by atoms with Crippen LogP contribution in [0, 0.1) is 0 Å². The van der Waals surface area contributed by atoms with E-state index >= 15 is 0 Å². The van der Waals surface area contributed by atoms with Gasteiger partial charge in [-0.25, -0.2) is 9.97 Å². The van der Waals surface area contributed by atoms with Gasteiger partial charge in [0.15, 0.2) is 0 Å². The number of nitrogens with one attached hydrogen (secondary N) is 1. The number of amides is 1. The molecule has 29 heavy (non-hydrogen) atoms. The number of carbonyl (C=O) groups is 1. The lowest BCUT2D eigenvalue weighted by Gasteiger charge is -2.39. The van der Waals surface area contributed by atoms with Crippen molar-refractivity contribution in [3.8, 4) is 11.3 Å². The van der Waals surface area contributed by atoms with Crippen LogP contribution < -0.4 is 10.2 Å². The predicted molar refractivity (Wildman–Crippen MR) is 115 cm³/mol. The molecule has 1 atom stereocenters. The summed E-state index contributed by atoms with van der Waals surface area (Å²) in [4.78, 5) is 24.8. The summed E-state index contributed by atoms with van der Waals surface area (Å²) in [5.41, 5.74) is 5.80. The molecule has 0 unspecified atom stereocenters. The van der Waals surface area contributed by atoms with Gasteiger partial charge in [-0.2, -0.15) is 0 Å². The normalized spacial score (nSPS) is 17.6. The van der Waals surface area contributed by atoms with Gasteiger partial charge in [0.25, 0.3) is 5.91 Å². The van der Waals surface area contributed by atoms with Crippen molar-refractivity contribution in [1.82, 2.24) is 9.97 Å². The van der Waals surface area contributed by atoms with Crippen LogP contribution in [0.3, 0.4) is 0 Å². The molecule has 1 aromatic heterocycles. The molecular formula is C24H24N4O. The van der Waals surface area contributed by atoms with Crippen molar-refractivity contribution >= 4 is 17.5 Å². The van der Waals surface area contributed by atoms with Crippen molar-refractivity contribution in [2.45, 2.75) is 38.6 Å². The van der Waals surface area contributed by atoms with Gasteiger partial charge in [-0.15, -0.1) is 0 Å². The van der Waals surface area contributed by atoms with Crippen LogP contribution in [-0.4, -0.2) is 28.5 Å². The van der Waals surface area contributed by atoms with E-state index in [1.165, 1.54) is 17.7 Å². The number of carbonyl (C=O) groups excluding carboxylic acids is 1. The van der Waals surface area contributed by atoms with E-state index in [4.69, 9.17) is 9.97 Å². The molecule has 5 nitrogen and oxygen atoms in total. The SMILES string of the molecule is C[C@H]1CCN1c1nc2c(c(-c3cccc(C(=O)Nc4ccccc4)c3)n1)CCC2. The van der Waals surface area contributed by atoms with Crippen molar-refractivity contribution in [3.05, 3.63) is 71.4 Å². The number of anilines is 2. The number of benzene rings is 2. The van der Waals surface area contributed by atoms with Crippen molar-refractivity contribution in [3.63, 3.8) is 0 Å². The first-order valence-electron chi connectivity index (χ1n) is 10.3. The summed E-state index contributed by atoms with van der Waals surface area (Å²) < 4.78 is 0. The van der Waals surface area contributed by atoms with Crippen LogP contribution in [0.2, 0.25) is 0 Å². The highest BCUT2D eigenvalue weighted by Gasteiger charge is 2.29. The summed E-state index contributed by atoms with van der Waals surface area (Å²) in [7, 11) is 0. The zero-order valence-electron chi connectivity index (χ0n) is 16.6. The third-order valence-corrected chi connectivity index (χ3v) is 5.93. The predicted octanol–water partition coefficient (Wildman–Crippen LogP) is 4.48. The molecule has 5 heteroatoms. The average Bonchev–Trinajstić information content (AvgIpc) is 3.21. The zero-order valence-corrected chi connectivity index (χ0v) is 16.6. The summed E-state index contributed by atoms with van der Waals surface area (Å²) in [6.45, 7) is 3.23. The quantitative estimate of drug-likeness (QED) is 0.720. The summed E-state index contributed by atoms with van der Waals surface area (Å²) in [5, 5.41) is 2.96. The molecule has 2 heterocycles. The fourth-order valence-corrected chi connectivity index (χ4v) is 4.13. The third-order valence-electron chi connectivity index (χ3n) is 5.93. The number of nitrogens with zero attached hydrogens (tertiary/aromatic N) is 3. The average molecular weight is 384 g/mol. The van der Waals surface area contributed by atoms with Crippen molar-refractivity contribution in [2.24, 2.45) is 0 Å². The van der Waals surface area contributed by atoms with Crippen molar-refractivity contribution in [1.29, 1.82) is 0 Å². The van der Waals surface area contributed by atoms with Gasteiger partial charge in [0.05, 0.1) is 5.69 Å². The van der Waals surface area contributed by atoms with E-state index in [0.717, 1.165) is 48.7 Å². The summed E-state index contributed by atoms with van der Waals surface area (Å²) >= 11 is 0. The Balaban J connectivity index is 1.50. The van der Waals surface area contributed by atoms with Gasteiger partial charge in [0, 0.05) is 40.7 Å². The molecule has 1 aliphatic heterocycles. The minimum absolute atomic E-state index is 0.111. The lowest BCUT2D eigenvalue weighted by Crippen LogP contribution is -2.46. The minimum Gasteiger partial charge on any atom is -0.338 e. The smallest absolute Gasteiger partial charge is 0.255 e. The first kappa shape index (κ1) is 17.9. The van der Waals surface area contributed by atoms with Gasteiger partial charge >= 0.3 is 0 Å². The van der Waals surface area contributed by atoms with Crippen molar-refractivity contribution in [2.75, 3.05) is 16.8 Å². The second-order valence-electron chi connectivity index (χ2n) is 7.88. The van der Waals surface area contributed by atoms with Crippen LogP contribution in [0.4, 0.5) is 11.6 Å². The van der Waals surface area contributed by atoms with Crippen LogP contribution in [-0.2, 0) is 12.8 Å². The van der Waals surface area contributed by atoms with E-state index in [1.54, 1.807) is 0 Å². The number of fused-ring (bicyclic) bond motifs is 1. The van der Waals surface area contributed by atoms with Crippen LogP contribution in [0.25, 0.3) is 11.3 Å². The van der Waals surface area contributed by atoms with Gasteiger partial charge in [0.1, 0.15) is 0 Å². The van der Waals surface area contributed by atoms with Crippen LogP contribution >= 0.6 is 0 Å². The molecule has 1 saturated heterocycles. The first-order chi connectivity index (χ1) is 14.2. The Hall–Kier alpha value is -3.21. The topological polar surface area (TPSA) is 58.1 Å². The lowest BCUT2D eigenvalue weighted by atomic mass is 10.0. The third kappa shape index (κ3) is 3.37. The molecule has 1 amide bonds. The van der Waals surface area contributed by atoms with E-state index in [0.29, 0.717) is 11.6 Å². The molecule has 1 aliphatic carbocycles. The Bertz CT molecular complexity index is 1060. The highest BCUT2D eigenvalue weighted by Crippen LogP contribution is 2.34. The van der Waals surface area contributed by atoms with Gasteiger partial charge in [-0.05, 0) is 56.9 Å². The zero-order chi connectivity index (χ0) is 19.8. The molecule has 2 aliphatic rings. The standard InChI is InChI=1S/C24H24N4O/c1-16-13-14-28(16)24-26-21-12-6-11-20(21)22(27-24)17-7-5-8-18(15-17)23(29)25-19-9-3-2-4-10-19/h2-5,7-10,15-16H,6,11-14H2,1H3,(H,25,29)/t16-/m0/s1. The Morgan fingerprint density at radius 1 is 1.07 bits per heavy atom. The minimum atomic E-state index is -0.111. The number of aryl methyl sites for hydroxylation is 1. The molecule has 2 aromatic carbocycles. The van der Waals surface area contributed by atoms with E-state index in [1.807, 2.05) is 54.6 Å². The van der Waals surface area contributed by atoms with E-state index < -0.39 is 0 Å². The number of hydrogen-bond acceptors (Lipinski definition) is 4. The number of para-hydroxylation sites is 1. The highest BCUT2D eigenvalue weighted by molar-refractivity contribution is 6.04. The van der Waals surface area contributed by atoms with Crippen LogP contribution in [0.15, 0.2) is 54.6 Å². The van der Waals surface area contributed by atoms with E-state index in [2.05, 4.69) is 17.1 Å². The molecule has 0 spiro atoms. The van der Waals surface area contributed by atoms with Crippen LogP contribution in [0.1, 0.15) is 41.4 Å². The fraction of sp³-hybridized carbons (Fsp3) is 0.292. The van der Waals surface area contributed by atoms with Gasteiger partial charge < -0.3 is 10.2 Å². The Kier molecular flexibility index (Phi) is 4.51. The highest BCUT2D eigenvalue weighted by atomic mass is 16.1. The Morgan fingerprint density at radius 2 is 1.93 bits per heavy atom. The van der Waals surface area contributed by atoms with Crippen LogP contribution in [0.5, 0.6) is 0 Å². The maximum Gasteiger partial charge on any atom is 0.255 e. The molecule has 3 aromatic rings. The van der Waals surface area contributed by atoms with Gasteiger partial charge in [-0.3, -0.25) is 4.79 Å². The molecule has 0 bridgehead atoms. The molecule has 146 valence electrons. The maximum absolute atomic E-state index is 12.8. The van der Waals surface area contributed by atoms with Gasteiger partial charge in [-0.1, -0.05) is 30.3 Å².